The normalized spacial score (nSPS) is 8.46. The third kappa shape index (κ3) is 29.2. The molecule has 0 radical (unpaired) electrons. The van der Waals surface area contributed by atoms with Gasteiger partial charge in [0.1, 0.15) is 13.2 Å². The minimum Gasteiger partial charge on any atom is -0.464 e. The summed E-state index contributed by atoms with van der Waals surface area (Å²) in [6.45, 7) is 6.73. The summed E-state index contributed by atoms with van der Waals surface area (Å²) in [4.78, 5) is 40.8. The molecule has 2 amide bonds. The number of benzene rings is 1. The largest absolute Gasteiger partial charge is 0.464 e. The van der Waals surface area contributed by atoms with Gasteiger partial charge in [-0.05, 0) is 0 Å². The maximum absolute atomic E-state index is 10.2. The van der Waals surface area contributed by atoms with E-state index in [2.05, 4.69) is 20.1 Å². The number of rotatable bonds is 6. The van der Waals surface area contributed by atoms with E-state index in [1.807, 2.05) is 36.4 Å². The fourth-order valence-corrected chi connectivity index (χ4v) is 1.23. The summed E-state index contributed by atoms with van der Waals surface area (Å²) < 4.78 is 9.08. The highest BCUT2D eigenvalue weighted by Gasteiger charge is 1.93. The van der Waals surface area contributed by atoms with E-state index in [1.165, 1.54) is 27.7 Å². The van der Waals surface area contributed by atoms with Crippen molar-refractivity contribution in [2.45, 2.75) is 27.7 Å². The highest BCUT2D eigenvalue weighted by molar-refractivity contribution is 5.73. The summed E-state index contributed by atoms with van der Waals surface area (Å²) in [7, 11) is 0. The van der Waals surface area contributed by atoms with Gasteiger partial charge in [0.2, 0.25) is 11.8 Å². The van der Waals surface area contributed by atoms with Gasteiger partial charge < -0.3 is 20.1 Å². The van der Waals surface area contributed by atoms with Gasteiger partial charge in [-0.15, -0.1) is 0 Å². The van der Waals surface area contributed by atoms with Gasteiger partial charge >= 0.3 is 11.9 Å². The number of nitrogens with one attached hydrogen (secondary N) is 2. The molecular formula is C18H28N2O6. The van der Waals surface area contributed by atoms with Crippen molar-refractivity contribution in [3.63, 3.8) is 0 Å². The van der Waals surface area contributed by atoms with Crippen molar-refractivity contribution in [2.24, 2.45) is 0 Å². The van der Waals surface area contributed by atoms with Crippen LogP contribution in [0.2, 0.25) is 0 Å². The van der Waals surface area contributed by atoms with Crippen LogP contribution in [0.15, 0.2) is 36.4 Å². The Bertz CT molecular complexity index is 429. The second-order valence-corrected chi connectivity index (χ2v) is 4.80. The van der Waals surface area contributed by atoms with E-state index in [0.717, 1.165) is 0 Å². The number of esters is 2. The predicted octanol–water partition coefficient (Wildman–Crippen LogP) is 1.06. The van der Waals surface area contributed by atoms with Crippen LogP contribution in [0.1, 0.15) is 27.7 Å². The van der Waals surface area contributed by atoms with Crippen LogP contribution in [-0.2, 0) is 28.7 Å². The summed E-state index contributed by atoms with van der Waals surface area (Å²) in [5, 5.41) is 4.97. The first kappa shape index (κ1) is 25.3. The van der Waals surface area contributed by atoms with Crippen LogP contribution < -0.4 is 10.6 Å². The first-order valence-electron chi connectivity index (χ1n) is 8.01. The molecule has 1 aromatic carbocycles. The number of carbonyl (C=O) groups is 4. The van der Waals surface area contributed by atoms with Crippen molar-refractivity contribution in [3.05, 3.63) is 36.4 Å². The smallest absolute Gasteiger partial charge is 0.302 e. The molecule has 0 spiro atoms. The van der Waals surface area contributed by atoms with Crippen LogP contribution in [0.25, 0.3) is 0 Å². The Morgan fingerprint density at radius 1 is 0.615 bits per heavy atom. The average Bonchev–Trinajstić information content (AvgIpc) is 2.58. The predicted molar refractivity (Wildman–Crippen MR) is 97.1 cm³/mol. The molecule has 8 heteroatoms. The molecule has 0 saturated carbocycles. The van der Waals surface area contributed by atoms with Crippen LogP contribution >= 0.6 is 0 Å². The third-order valence-electron chi connectivity index (χ3n) is 2.23. The Labute approximate surface area is 154 Å². The van der Waals surface area contributed by atoms with Gasteiger partial charge in [0.15, 0.2) is 0 Å². The first-order valence-corrected chi connectivity index (χ1v) is 8.01. The monoisotopic (exact) mass is 368 g/mol. The lowest BCUT2D eigenvalue weighted by atomic mass is 10.4. The maximum atomic E-state index is 10.2. The topological polar surface area (TPSA) is 111 Å². The first-order chi connectivity index (χ1) is 12.3. The van der Waals surface area contributed by atoms with Crippen molar-refractivity contribution in [2.75, 3.05) is 26.3 Å². The minimum absolute atomic E-state index is 0.118. The van der Waals surface area contributed by atoms with Crippen molar-refractivity contribution in [3.8, 4) is 0 Å². The van der Waals surface area contributed by atoms with E-state index in [9.17, 15) is 19.2 Å². The van der Waals surface area contributed by atoms with Crippen molar-refractivity contribution in [1.29, 1.82) is 0 Å². The second kappa shape index (κ2) is 18.4. The summed E-state index contributed by atoms with van der Waals surface area (Å²) in [6, 6.07) is 12.0. The lowest BCUT2D eigenvalue weighted by molar-refractivity contribution is -0.141. The Hall–Kier alpha value is -2.90. The molecular weight excluding hydrogens is 340 g/mol. The number of amides is 2. The zero-order chi connectivity index (χ0) is 20.2. The van der Waals surface area contributed by atoms with E-state index < -0.39 is 0 Å². The van der Waals surface area contributed by atoms with Gasteiger partial charge in [-0.3, -0.25) is 19.2 Å². The molecule has 1 aromatic rings. The number of hydrogen-bond donors (Lipinski definition) is 2. The fraction of sp³-hybridized carbons (Fsp3) is 0.444. The zero-order valence-electron chi connectivity index (χ0n) is 15.7. The highest BCUT2D eigenvalue weighted by Crippen LogP contribution is 1.80. The summed E-state index contributed by atoms with van der Waals surface area (Å²) in [5.74, 6) is -0.894. The molecule has 2 N–H and O–H groups in total. The SMILES string of the molecule is CC(=O)NCCOC(C)=O.CC(=O)NCCOC(C)=O.c1ccccc1. The van der Waals surface area contributed by atoms with Crippen LogP contribution in [0, 0.1) is 0 Å². The molecule has 0 fully saturated rings. The van der Waals surface area contributed by atoms with E-state index in [0.29, 0.717) is 13.1 Å². The molecule has 0 unspecified atom stereocenters. The average molecular weight is 368 g/mol. The molecule has 1 rings (SSSR count). The Balaban J connectivity index is 0. The number of carbonyl (C=O) groups excluding carboxylic acids is 4. The standard InChI is InChI=1S/2C6H11NO3.C6H6/c2*1-5(8)7-3-4-10-6(2)9;1-2-4-6-5-3-1/h2*3-4H2,1-2H3,(H,7,8);1-6H. The Morgan fingerprint density at radius 2 is 0.885 bits per heavy atom. The molecule has 0 atom stereocenters. The van der Waals surface area contributed by atoms with Crippen molar-refractivity contribution in [1.82, 2.24) is 10.6 Å². The molecule has 0 aliphatic heterocycles. The molecule has 26 heavy (non-hydrogen) atoms. The maximum Gasteiger partial charge on any atom is 0.302 e. The van der Waals surface area contributed by atoms with E-state index in [4.69, 9.17) is 0 Å². The minimum atomic E-state index is -0.328. The number of ether oxygens (including phenoxy) is 2. The Kier molecular flexibility index (Phi) is 18.0. The van der Waals surface area contributed by atoms with Crippen LogP contribution in [0.3, 0.4) is 0 Å². The zero-order valence-corrected chi connectivity index (χ0v) is 15.7. The molecule has 0 aliphatic carbocycles. The van der Waals surface area contributed by atoms with Gasteiger partial charge in [0.05, 0.1) is 13.1 Å². The summed E-state index contributed by atoms with van der Waals surface area (Å²) in [6.07, 6.45) is 0. The van der Waals surface area contributed by atoms with Gasteiger partial charge in [-0.1, -0.05) is 36.4 Å². The third-order valence-corrected chi connectivity index (χ3v) is 2.23. The van der Waals surface area contributed by atoms with Crippen LogP contribution in [0.4, 0.5) is 0 Å². The number of hydrogen-bond acceptors (Lipinski definition) is 6. The van der Waals surface area contributed by atoms with Crippen LogP contribution in [-0.4, -0.2) is 50.1 Å². The van der Waals surface area contributed by atoms with E-state index in [1.54, 1.807) is 0 Å². The quantitative estimate of drug-likeness (QED) is 0.574. The Morgan fingerprint density at radius 3 is 1.08 bits per heavy atom. The fourth-order valence-electron chi connectivity index (χ4n) is 1.23. The molecule has 0 saturated heterocycles. The highest BCUT2D eigenvalue weighted by atomic mass is 16.5. The molecule has 0 bridgehead atoms. The van der Waals surface area contributed by atoms with Gasteiger partial charge in [0.25, 0.3) is 0 Å². The molecule has 146 valence electrons. The molecule has 0 aliphatic rings. The summed E-state index contributed by atoms with van der Waals surface area (Å²) >= 11 is 0. The molecule has 0 heterocycles. The molecule has 0 aromatic heterocycles. The lowest BCUT2D eigenvalue weighted by Gasteiger charge is -2.00. The van der Waals surface area contributed by atoms with Gasteiger partial charge in [-0.25, -0.2) is 0 Å². The lowest BCUT2D eigenvalue weighted by Crippen LogP contribution is -2.24. The van der Waals surface area contributed by atoms with Gasteiger partial charge in [0, 0.05) is 27.7 Å². The van der Waals surface area contributed by atoms with E-state index in [-0.39, 0.29) is 37.0 Å². The van der Waals surface area contributed by atoms with Crippen molar-refractivity contribution >= 4 is 23.8 Å². The second-order valence-electron chi connectivity index (χ2n) is 4.80. The van der Waals surface area contributed by atoms with E-state index >= 15 is 0 Å². The van der Waals surface area contributed by atoms with Crippen molar-refractivity contribution < 1.29 is 28.7 Å². The van der Waals surface area contributed by atoms with Gasteiger partial charge in [-0.2, -0.15) is 0 Å². The van der Waals surface area contributed by atoms with Crippen LogP contribution in [0.5, 0.6) is 0 Å². The molecule has 8 nitrogen and oxygen atoms in total. The summed E-state index contributed by atoms with van der Waals surface area (Å²) in [5.41, 5.74) is 0.